The lowest BCUT2D eigenvalue weighted by atomic mass is 10.2. The minimum Gasteiger partial charge on any atom is -0.380 e. The van der Waals surface area contributed by atoms with Gasteiger partial charge in [0.15, 0.2) is 0 Å². The number of nitrogens with one attached hydrogen (secondary N) is 1. The summed E-state index contributed by atoms with van der Waals surface area (Å²) in [6.45, 7) is 3.22. The van der Waals surface area contributed by atoms with Gasteiger partial charge in [0.05, 0.1) is 10.6 Å². The maximum atomic E-state index is 12.7. The van der Waals surface area contributed by atoms with Gasteiger partial charge in [0.2, 0.25) is 0 Å². The van der Waals surface area contributed by atoms with E-state index in [1.807, 2.05) is 24.0 Å². The second kappa shape index (κ2) is 6.47. The van der Waals surface area contributed by atoms with Crippen LogP contribution in [0.25, 0.3) is 0 Å². The second-order valence-corrected chi connectivity index (χ2v) is 6.20. The topological polar surface area (TPSA) is 41.0 Å². The van der Waals surface area contributed by atoms with E-state index in [0.717, 1.165) is 30.1 Å². The van der Waals surface area contributed by atoms with Gasteiger partial charge >= 0.3 is 6.18 Å². The lowest BCUT2D eigenvalue weighted by molar-refractivity contribution is -0.137. The molecule has 1 aliphatic rings. The molecule has 0 saturated carbocycles. The van der Waals surface area contributed by atoms with Crippen LogP contribution in [0.2, 0.25) is 5.02 Å². The number of aryl methyl sites for hydroxylation is 1. The number of hydrogen-bond donors (Lipinski definition) is 1. The second-order valence-electron chi connectivity index (χ2n) is 5.79. The van der Waals surface area contributed by atoms with Gasteiger partial charge in [-0.15, -0.1) is 0 Å². The lowest BCUT2D eigenvalue weighted by Gasteiger charge is -2.20. The molecule has 0 amide bonds. The summed E-state index contributed by atoms with van der Waals surface area (Å²) < 4.78 is 38.1. The number of anilines is 2. The molecule has 0 radical (unpaired) electrons. The van der Waals surface area contributed by atoms with E-state index in [4.69, 9.17) is 11.6 Å². The van der Waals surface area contributed by atoms with Gasteiger partial charge in [-0.25, -0.2) is 4.98 Å². The van der Waals surface area contributed by atoms with Crippen molar-refractivity contribution in [3.05, 3.63) is 46.9 Å². The van der Waals surface area contributed by atoms with Crippen molar-refractivity contribution >= 4 is 23.1 Å². The molecule has 1 aliphatic heterocycles. The van der Waals surface area contributed by atoms with Crippen molar-refractivity contribution < 1.29 is 13.2 Å². The highest BCUT2D eigenvalue weighted by molar-refractivity contribution is 6.33. The minimum absolute atomic E-state index is 0.0187. The van der Waals surface area contributed by atoms with Crippen LogP contribution in [0.4, 0.5) is 24.7 Å². The first-order valence-corrected chi connectivity index (χ1v) is 7.87. The maximum Gasteiger partial charge on any atom is 0.417 e. The molecule has 0 bridgehead atoms. The monoisotopic (exact) mass is 356 g/mol. The Kier molecular flexibility index (Phi) is 4.54. The molecule has 3 heterocycles. The first-order valence-electron chi connectivity index (χ1n) is 7.50. The third-order valence-corrected chi connectivity index (χ3v) is 4.18. The van der Waals surface area contributed by atoms with E-state index in [9.17, 15) is 13.2 Å². The molecule has 1 N–H and O–H groups in total. The largest absolute Gasteiger partial charge is 0.417 e. The fourth-order valence-corrected chi connectivity index (χ4v) is 3.05. The Morgan fingerprint density at radius 1 is 1.29 bits per heavy atom. The molecule has 128 valence electrons. The van der Waals surface area contributed by atoms with Gasteiger partial charge < -0.3 is 10.2 Å². The van der Waals surface area contributed by atoms with Gasteiger partial charge in [-0.05, 0) is 31.5 Å². The van der Waals surface area contributed by atoms with Crippen LogP contribution in [0.5, 0.6) is 0 Å². The highest BCUT2D eigenvalue weighted by Gasteiger charge is 2.33. The van der Waals surface area contributed by atoms with Gasteiger partial charge in [0, 0.05) is 42.9 Å². The molecular weight excluding hydrogens is 341 g/mol. The first kappa shape index (κ1) is 16.8. The normalized spacial score (nSPS) is 18.0. The van der Waals surface area contributed by atoms with E-state index in [2.05, 4.69) is 15.3 Å². The van der Waals surface area contributed by atoms with Gasteiger partial charge in [-0.2, -0.15) is 13.2 Å². The quantitative estimate of drug-likeness (QED) is 0.897. The maximum absolute atomic E-state index is 12.7. The summed E-state index contributed by atoms with van der Waals surface area (Å²) in [6.07, 6.45) is -1.03. The van der Waals surface area contributed by atoms with Gasteiger partial charge in [0.25, 0.3) is 0 Å². The van der Waals surface area contributed by atoms with Crippen molar-refractivity contribution in [2.24, 2.45) is 0 Å². The summed E-state index contributed by atoms with van der Waals surface area (Å²) in [6, 6.07) is 4.94. The number of hydrogen-bond acceptors (Lipinski definition) is 4. The fourth-order valence-electron chi connectivity index (χ4n) is 2.76. The number of nitrogens with zero attached hydrogens (tertiary/aromatic N) is 3. The molecule has 3 rings (SSSR count). The summed E-state index contributed by atoms with van der Waals surface area (Å²) in [5.41, 5.74) is 1.06. The fraction of sp³-hybridized carbons (Fsp3) is 0.375. The van der Waals surface area contributed by atoms with E-state index in [1.54, 1.807) is 6.20 Å². The zero-order chi connectivity index (χ0) is 17.3. The lowest BCUT2D eigenvalue weighted by Crippen LogP contribution is -2.27. The molecule has 0 spiro atoms. The molecule has 1 saturated heterocycles. The average molecular weight is 357 g/mol. The summed E-state index contributed by atoms with van der Waals surface area (Å²) in [5, 5.41) is 3.42. The molecule has 1 atom stereocenters. The zero-order valence-corrected chi connectivity index (χ0v) is 13.7. The van der Waals surface area contributed by atoms with E-state index in [0.29, 0.717) is 18.9 Å². The third kappa shape index (κ3) is 3.72. The SMILES string of the molecule is Cc1cc(NC2CCN(c3ncc(C(F)(F)F)cc3Cl)C2)ccn1. The van der Waals surface area contributed by atoms with Crippen molar-refractivity contribution in [2.45, 2.75) is 25.6 Å². The van der Waals surface area contributed by atoms with Crippen molar-refractivity contribution in [1.82, 2.24) is 9.97 Å². The van der Waals surface area contributed by atoms with Crippen molar-refractivity contribution in [2.75, 3.05) is 23.3 Å². The van der Waals surface area contributed by atoms with Gasteiger partial charge in [-0.1, -0.05) is 11.6 Å². The van der Waals surface area contributed by atoms with Crippen LogP contribution < -0.4 is 10.2 Å². The molecule has 8 heteroatoms. The van der Waals surface area contributed by atoms with E-state index >= 15 is 0 Å². The molecular formula is C16H16ClF3N4. The number of aromatic nitrogens is 2. The predicted molar refractivity (Wildman–Crippen MR) is 87.5 cm³/mol. The van der Waals surface area contributed by atoms with E-state index < -0.39 is 11.7 Å². The summed E-state index contributed by atoms with van der Waals surface area (Å²) in [7, 11) is 0. The molecule has 0 aliphatic carbocycles. The first-order chi connectivity index (χ1) is 11.3. The molecule has 2 aromatic rings. The summed E-state index contributed by atoms with van der Waals surface area (Å²) in [4.78, 5) is 9.96. The van der Waals surface area contributed by atoms with E-state index in [-0.39, 0.29) is 11.1 Å². The molecule has 1 unspecified atom stereocenters. The van der Waals surface area contributed by atoms with Gasteiger partial charge in [0.1, 0.15) is 5.82 Å². The number of rotatable bonds is 3. The smallest absolute Gasteiger partial charge is 0.380 e. The Morgan fingerprint density at radius 3 is 2.75 bits per heavy atom. The zero-order valence-electron chi connectivity index (χ0n) is 12.9. The number of alkyl halides is 3. The van der Waals surface area contributed by atoms with Crippen LogP contribution >= 0.6 is 11.6 Å². The van der Waals surface area contributed by atoms with Gasteiger partial charge in [-0.3, -0.25) is 4.98 Å². The van der Waals surface area contributed by atoms with E-state index in [1.165, 1.54) is 0 Å². The molecule has 2 aromatic heterocycles. The number of halogens is 4. The summed E-state index contributed by atoms with van der Waals surface area (Å²) >= 11 is 6.01. The standard InChI is InChI=1S/C16H16ClF3N4/c1-10-6-12(2-4-21-10)23-13-3-5-24(9-13)15-14(17)7-11(8-22-15)16(18,19)20/h2,4,6-8,13H,3,5,9H2,1H3,(H,21,23). The highest BCUT2D eigenvalue weighted by Crippen LogP contribution is 2.34. The Morgan fingerprint density at radius 2 is 2.08 bits per heavy atom. The third-order valence-electron chi connectivity index (χ3n) is 3.90. The molecule has 24 heavy (non-hydrogen) atoms. The highest BCUT2D eigenvalue weighted by atomic mass is 35.5. The Bertz CT molecular complexity index is 736. The van der Waals surface area contributed by atoms with Crippen molar-refractivity contribution in [3.63, 3.8) is 0 Å². The van der Waals surface area contributed by atoms with Crippen molar-refractivity contribution in [3.8, 4) is 0 Å². The van der Waals surface area contributed by atoms with Crippen LogP contribution in [0.3, 0.4) is 0 Å². The predicted octanol–water partition coefficient (Wildman–Crippen LogP) is 4.15. The van der Waals surface area contributed by atoms with Crippen molar-refractivity contribution in [1.29, 1.82) is 0 Å². The van der Waals surface area contributed by atoms with Crippen LogP contribution in [-0.4, -0.2) is 29.1 Å². The van der Waals surface area contributed by atoms with Crippen LogP contribution in [0.1, 0.15) is 17.7 Å². The summed E-state index contributed by atoms with van der Waals surface area (Å²) in [5.74, 6) is 0.389. The number of pyridine rings is 2. The van der Waals surface area contributed by atoms with Crippen LogP contribution in [-0.2, 0) is 6.18 Å². The van der Waals surface area contributed by atoms with Crippen LogP contribution in [0, 0.1) is 6.92 Å². The Labute approximate surface area is 142 Å². The molecule has 4 nitrogen and oxygen atoms in total. The Hall–Kier alpha value is -2.02. The average Bonchev–Trinajstić information content (AvgIpc) is 2.94. The molecule has 0 aromatic carbocycles. The Balaban J connectivity index is 1.69. The molecule has 1 fully saturated rings. The minimum atomic E-state index is -4.44. The van der Waals surface area contributed by atoms with Crippen LogP contribution in [0.15, 0.2) is 30.6 Å².